The van der Waals surface area contributed by atoms with Crippen LogP contribution in [-0.2, 0) is 4.74 Å². The normalized spacial score (nSPS) is 31.1. The lowest BCUT2D eigenvalue weighted by molar-refractivity contribution is -0.0594. The van der Waals surface area contributed by atoms with E-state index in [1.54, 1.807) is 17.7 Å². The molecule has 50 heavy (non-hydrogen) atoms. The van der Waals surface area contributed by atoms with Crippen molar-refractivity contribution >= 4 is 33.3 Å². The number of carbonyl (C=O) groups excluding carboxylic acids is 1. The van der Waals surface area contributed by atoms with Crippen LogP contribution in [0.25, 0.3) is 0 Å². The molecule has 6 rings (SSSR count). The average Bonchev–Trinajstić information content (AvgIpc) is 3.47. The fourth-order valence-corrected chi connectivity index (χ4v) is 11.1. The fourth-order valence-electron chi connectivity index (χ4n) is 10.7. The number of halogens is 1. The van der Waals surface area contributed by atoms with Crippen molar-refractivity contribution in [3.63, 3.8) is 0 Å². The van der Waals surface area contributed by atoms with Crippen molar-refractivity contribution in [1.82, 2.24) is 0 Å². The Kier molecular flexibility index (Phi) is 12.3. The zero-order valence-corrected chi connectivity index (χ0v) is 32.9. The summed E-state index contributed by atoms with van der Waals surface area (Å²) in [5.41, 5.74) is 4.35. The zero-order chi connectivity index (χ0) is 35.3. The summed E-state index contributed by atoms with van der Waals surface area (Å²) >= 11 is 3.45. The van der Waals surface area contributed by atoms with Gasteiger partial charge in [0.15, 0.2) is 0 Å². The van der Waals surface area contributed by atoms with E-state index in [1.807, 2.05) is 36.4 Å². The quantitative estimate of drug-likeness (QED) is 0.0636. The number of nitrogens with zero attached hydrogens (tertiary/aromatic N) is 2. The van der Waals surface area contributed by atoms with E-state index in [2.05, 4.69) is 66.9 Å². The highest BCUT2D eigenvalue weighted by molar-refractivity contribution is 9.09. The van der Waals surface area contributed by atoms with Crippen molar-refractivity contribution in [2.45, 2.75) is 124 Å². The predicted molar refractivity (Wildman–Crippen MR) is 208 cm³/mol. The lowest BCUT2D eigenvalue weighted by Crippen LogP contribution is -2.51. The summed E-state index contributed by atoms with van der Waals surface area (Å²) in [6, 6.07) is 14.9. The minimum absolute atomic E-state index is 0.0505. The molecule has 272 valence electrons. The highest BCUT2D eigenvalue weighted by Gasteiger charge is 2.59. The standard InChI is InChI=1S/C44H61BrN2O3/c1-30(2)9-8-10-31(3)39-21-22-40-38-20-13-33-29-37(23-25-43(33,4)41(38)24-26-44(39,40)5)50-42(48)32-11-14-34(15-12-32)46-47-35-16-18-36(19-17-35)49-28-7-6-27-45/h11-19,30-31,37-41H,6-10,20-29H2,1-5H3/t31-,37?,38?,39-,40?,41?,43+,44-/m1/s1. The molecule has 0 bridgehead atoms. The summed E-state index contributed by atoms with van der Waals surface area (Å²) < 4.78 is 11.9. The maximum atomic E-state index is 13.2. The molecule has 0 radical (unpaired) electrons. The fraction of sp³-hybridized carbons (Fsp3) is 0.659. The molecule has 0 aromatic heterocycles. The topological polar surface area (TPSA) is 60.2 Å². The van der Waals surface area contributed by atoms with Crippen molar-refractivity contribution in [3.8, 4) is 5.75 Å². The molecule has 4 unspecified atom stereocenters. The highest BCUT2D eigenvalue weighted by Crippen LogP contribution is 2.67. The van der Waals surface area contributed by atoms with Crippen LogP contribution in [0.4, 0.5) is 11.4 Å². The van der Waals surface area contributed by atoms with E-state index in [1.165, 1.54) is 51.4 Å². The van der Waals surface area contributed by atoms with Crippen LogP contribution in [-0.4, -0.2) is 24.0 Å². The Morgan fingerprint density at radius 1 is 0.860 bits per heavy atom. The Bertz CT molecular complexity index is 1490. The molecule has 3 fully saturated rings. The first-order valence-electron chi connectivity index (χ1n) is 19.8. The number of fused-ring (bicyclic) bond motifs is 5. The van der Waals surface area contributed by atoms with Crippen molar-refractivity contribution in [3.05, 3.63) is 65.7 Å². The Balaban J connectivity index is 1.01. The van der Waals surface area contributed by atoms with Crippen LogP contribution < -0.4 is 4.74 Å². The van der Waals surface area contributed by atoms with Crippen LogP contribution in [0.5, 0.6) is 5.75 Å². The predicted octanol–water partition coefficient (Wildman–Crippen LogP) is 13.2. The summed E-state index contributed by atoms with van der Waals surface area (Å²) in [7, 11) is 0. The van der Waals surface area contributed by atoms with Gasteiger partial charge in [-0.3, -0.25) is 0 Å². The Labute approximate surface area is 310 Å². The van der Waals surface area contributed by atoms with Crippen LogP contribution in [0.1, 0.15) is 128 Å². The summed E-state index contributed by atoms with van der Waals surface area (Å²) in [6.07, 6.45) is 18.6. The van der Waals surface area contributed by atoms with Gasteiger partial charge in [-0.05, 0) is 153 Å². The third-order valence-electron chi connectivity index (χ3n) is 13.6. The number of alkyl halides is 1. The SMILES string of the molecule is CC(C)CCC[C@@H](C)[C@H]1CCC2C3CC=C4CC(OC(=O)c5ccc(N=Nc6ccc(OCCCCBr)cc6)cc5)CC[C@]4(C)C3CC[C@@]21C. The summed E-state index contributed by atoms with van der Waals surface area (Å²) in [5, 5.41) is 9.72. The zero-order valence-electron chi connectivity index (χ0n) is 31.3. The van der Waals surface area contributed by atoms with Gasteiger partial charge in [0.05, 0.1) is 23.5 Å². The molecule has 4 aliphatic rings. The van der Waals surface area contributed by atoms with Crippen molar-refractivity contribution in [2.75, 3.05) is 11.9 Å². The first kappa shape index (κ1) is 37.3. The molecule has 0 amide bonds. The average molecular weight is 746 g/mol. The molecule has 0 spiro atoms. The van der Waals surface area contributed by atoms with Crippen molar-refractivity contribution < 1.29 is 14.3 Å². The number of hydrogen-bond donors (Lipinski definition) is 0. The lowest BCUT2D eigenvalue weighted by atomic mass is 9.47. The second-order valence-electron chi connectivity index (χ2n) is 17.0. The minimum atomic E-state index is -0.240. The van der Waals surface area contributed by atoms with E-state index < -0.39 is 0 Å². The smallest absolute Gasteiger partial charge is 0.338 e. The number of hydrogen-bond acceptors (Lipinski definition) is 5. The molecular formula is C44H61BrN2O3. The van der Waals surface area contributed by atoms with Crippen LogP contribution in [0.3, 0.4) is 0 Å². The van der Waals surface area contributed by atoms with Crippen LogP contribution >= 0.6 is 15.9 Å². The molecule has 5 nitrogen and oxygen atoms in total. The van der Waals surface area contributed by atoms with E-state index in [0.29, 0.717) is 23.3 Å². The largest absolute Gasteiger partial charge is 0.494 e. The monoisotopic (exact) mass is 744 g/mol. The van der Waals surface area contributed by atoms with E-state index in [4.69, 9.17) is 9.47 Å². The molecule has 3 saturated carbocycles. The number of benzene rings is 2. The van der Waals surface area contributed by atoms with Crippen LogP contribution in [0.15, 0.2) is 70.4 Å². The molecular weight excluding hydrogens is 684 g/mol. The number of azo groups is 1. The first-order valence-corrected chi connectivity index (χ1v) is 20.9. The highest BCUT2D eigenvalue weighted by atomic mass is 79.9. The third kappa shape index (κ3) is 8.26. The number of rotatable bonds is 14. The first-order chi connectivity index (χ1) is 24.1. The molecule has 2 aromatic carbocycles. The third-order valence-corrected chi connectivity index (χ3v) is 14.1. The van der Waals surface area contributed by atoms with E-state index in [-0.39, 0.29) is 17.5 Å². The maximum absolute atomic E-state index is 13.2. The number of carbonyl (C=O) groups is 1. The Morgan fingerprint density at radius 3 is 2.28 bits per heavy atom. The van der Waals surface area contributed by atoms with E-state index >= 15 is 0 Å². The van der Waals surface area contributed by atoms with Gasteiger partial charge in [0.2, 0.25) is 0 Å². The van der Waals surface area contributed by atoms with E-state index in [0.717, 1.165) is 84.4 Å². The molecule has 8 atom stereocenters. The molecule has 6 heteroatoms. The molecule has 0 aliphatic heterocycles. The second kappa shape index (κ2) is 16.5. The van der Waals surface area contributed by atoms with Crippen molar-refractivity contribution in [1.29, 1.82) is 0 Å². The molecule has 0 heterocycles. The van der Waals surface area contributed by atoms with Crippen molar-refractivity contribution in [2.24, 2.45) is 56.6 Å². The lowest BCUT2D eigenvalue weighted by Gasteiger charge is -2.58. The van der Waals surface area contributed by atoms with Gasteiger partial charge in [0.1, 0.15) is 11.9 Å². The van der Waals surface area contributed by atoms with Gasteiger partial charge in [-0.2, -0.15) is 10.2 Å². The van der Waals surface area contributed by atoms with Gasteiger partial charge in [0, 0.05) is 11.8 Å². The number of unbranched alkanes of at least 4 members (excludes halogenated alkanes) is 1. The minimum Gasteiger partial charge on any atom is -0.494 e. The van der Waals surface area contributed by atoms with Gasteiger partial charge in [0.25, 0.3) is 0 Å². The molecule has 4 aliphatic carbocycles. The number of ether oxygens (including phenoxy) is 2. The van der Waals surface area contributed by atoms with Gasteiger partial charge >= 0.3 is 5.97 Å². The Morgan fingerprint density at radius 2 is 1.58 bits per heavy atom. The molecule has 0 saturated heterocycles. The Hall–Kier alpha value is -2.47. The summed E-state index contributed by atoms with van der Waals surface area (Å²) in [4.78, 5) is 13.2. The summed E-state index contributed by atoms with van der Waals surface area (Å²) in [5.74, 6) is 5.61. The molecule has 2 aromatic rings. The van der Waals surface area contributed by atoms with Crippen LogP contribution in [0, 0.1) is 46.3 Å². The van der Waals surface area contributed by atoms with Crippen LogP contribution in [0.2, 0.25) is 0 Å². The second-order valence-corrected chi connectivity index (χ2v) is 17.8. The van der Waals surface area contributed by atoms with Gasteiger partial charge < -0.3 is 9.47 Å². The van der Waals surface area contributed by atoms with Gasteiger partial charge in [-0.25, -0.2) is 4.79 Å². The van der Waals surface area contributed by atoms with Gasteiger partial charge in [-0.1, -0.05) is 81.5 Å². The van der Waals surface area contributed by atoms with Gasteiger partial charge in [-0.15, -0.1) is 0 Å². The summed E-state index contributed by atoms with van der Waals surface area (Å²) in [6.45, 7) is 13.2. The maximum Gasteiger partial charge on any atom is 0.338 e. The number of allylic oxidation sites excluding steroid dienone is 1. The molecule has 0 N–H and O–H groups in total. The van der Waals surface area contributed by atoms with E-state index in [9.17, 15) is 4.79 Å². The number of esters is 1.